The monoisotopic (exact) mass is 309 g/mol. The van der Waals surface area contributed by atoms with Crippen LogP contribution in [0.1, 0.15) is 44.1 Å². The van der Waals surface area contributed by atoms with Gasteiger partial charge in [-0.1, -0.05) is 6.07 Å². The first-order valence-electron chi connectivity index (χ1n) is 8.69. The average molecular weight is 309 g/mol. The Morgan fingerprint density at radius 2 is 1.83 bits per heavy atom. The Balaban J connectivity index is 1.36. The molecule has 120 valence electrons. The van der Waals surface area contributed by atoms with Crippen molar-refractivity contribution >= 4 is 11.6 Å². The Kier molecular flexibility index (Phi) is 3.61. The quantitative estimate of drug-likeness (QED) is 0.898. The molecular weight excluding hydrogens is 286 g/mol. The summed E-state index contributed by atoms with van der Waals surface area (Å²) in [6.45, 7) is 0.364. The fourth-order valence-electron chi connectivity index (χ4n) is 5.47. The molecule has 4 fully saturated rings. The molecule has 0 radical (unpaired) electrons. The molecule has 4 heteroatoms. The van der Waals surface area contributed by atoms with Gasteiger partial charge in [-0.3, -0.25) is 4.79 Å². The van der Waals surface area contributed by atoms with Gasteiger partial charge in [-0.15, -0.1) is 0 Å². The lowest BCUT2D eigenvalue weighted by molar-refractivity contribution is -0.116. The first-order valence-corrected chi connectivity index (χ1v) is 8.69. The summed E-state index contributed by atoms with van der Waals surface area (Å²) >= 11 is 0. The molecule has 4 nitrogen and oxygen atoms in total. The van der Waals surface area contributed by atoms with Gasteiger partial charge in [-0.05, 0) is 74.5 Å². The maximum absolute atomic E-state index is 12.2. The van der Waals surface area contributed by atoms with Crippen molar-refractivity contribution in [2.75, 3.05) is 11.9 Å². The van der Waals surface area contributed by atoms with E-state index >= 15 is 0 Å². The summed E-state index contributed by atoms with van der Waals surface area (Å²) < 4.78 is 0. The zero-order valence-electron chi connectivity index (χ0n) is 13.3. The predicted octanol–water partition coefficient (Wildman–Crippen LogP) is 3.06. The zero-order valence-corrected chi connectivity index (χ0v) is 13.3. The SMILES string of the molecule is N#Cc1cccc(NC(=O)CNC23CC4CC(CC(C4)C2)C3)c1. The highest BCUT2D eigenvalue weighted by Crippen LogP contribution is 2.55. The minimum absolute atomic E-state index is 0.0177. The number of nitrogens with zero attached hydrogens (tertiary/aromatic N) is 1. The Labute approximate surface area is 137 Å². The number of anilines is 1. The molecule has 4 aliphatic carbocycles. The Morgan fingerprint density at radius 3 is 2.43 bits per heavy atom. The van der Waals surface area contributed by atoms with Crippen LogP contribution in [0.3, 0.4) is 0 Å². The second-order valence-corrected chi connectivity index (χ2v) is 7.79. The molecule has 0 unspecified atom stereocenters. The van der Waals surface area contributed by atoms with Crippen LogP contribution in [0.25, 0.3) is 0 Å². The Bertz CT molecular complexity index is 626. The number of nitrogens with one attached hydrogen (secondary N) is 2. The van der Waals surface area contributed by atoms with Crippen molar-refractivity contribution in [1.82, 2.24) is 5.32 Å². The average Bonchev–Trinajstić information content (AvgIpc) is 2.52. The summed E-state index contributed by atoms with van der Waals surface area (Å²) in [4.78, 5) is 12.2. The van der Waals surface area contributed by atoms with Crippen LogP contribution < -0.4 is 10.6 Å². The highest BCUT2D eigenvalue weighted by molar-refractivity contribution is 5.92. The Morgan fingerprint density at radius 1 is 1.17 bits per heavy atom. The minimum atomic E-state index is -0.0177. The fraction of sp³-hybridized carbons (Fsp3) is 0.579. The summed E-state index contributed by atoms with van der Waals surface area (Å²) in [6, 6.07) is 9.16. The second-order valence-electron chi connectivity index (χ2n) is 7.79. The van der Waals surface area contributed by atoms with Gasteiger partial charge < -0.3 is 10.6 Å². The first-order chi connectivity index (χ1) is 11.1. The molecule has 4 aliphatic rings. The third kappa shape index (κ3) is 2.98. The van der Waals surface area contributed by atoms with Crippen LogP contribution >= 0.6 is 0 Å². The van der Waals surface area contributed by atoms with E-state index < -0.39 is 0 Å². The predicted molar refractivity (Wildman–Crippen MR) is 88.7 cm³/mol. The molecule has 1 aromatic carbocycles. The van der Waals surface area contributed by atoms with Gasteiger partial charge in [0, 0.05) is 11.2 Å². The largest absolute Gasteiger partial charge is 0.325 e. The van der Waals surface area contributed by atoms with E-state index in [1.165, 1.54) is 38.5 Å². The molecular formula is C19H23N3O. The van der Waals surface area contributed by atoms with Crippen LogP contribution in [-0.2, 0) is 4.79 Å². The Hall–Kier alpha value is -1.86. The summed E-state index contributed by atoms with van der Waals surface area (Å²) in [5.41, 5.74) is 1.47. The number of nitriles is 1. The number of hydrogen-bond acceptors (Lipinski definition) is 3. The molecule has 5 rings (SSSR count). The normalized spacial score (nSPS) is 34.1. The smallest absolute Gasteiger partial charge is 0.238 e. The molecule has 1 aromatic rings. The highest BCUT2D eigenvalue weighted by Gasteiger charge is 2.50. The van der Waals surface area contributed by atoms with Gasteiger partial charge in [0.25, 0.3) is 0 Å². The summed E-state index contributed by atoms with van der Waals surface area (Å²) in [5.74, 6) is 2.62. The van der Waals surface area contributed by atoms with E-state index in [1.807, 2.05) is 6.07 Å². The van der Waals surface area contributed by atoms with Crippen LogP contribution in [0.4, 0.5) is 5.69 Å². The van der Waals surface area contributed by atoms with Crippen molar-refractivity contribution in [3.05, 3.63) is 29.8 Å². The van der Waals surface area contributed by atoms with Gasteiger partial charge in [-0.25, -0.2) is 0 Å². The van der Waals surface area contributed by atoms with Crippen molar-refractivity contribution in [2.45, 2.75) is 44.1 Å². The first kappa shape index (κ1) is 14.7. The molecule has 23 heavy (non-hydrogen) atoms. The van der Waals surface area contributed by atoms with E-state index in [-0.39, 0.29) is 11.4 Å². The van der Waals surface area contributed by atoms with E-state index in [0.29, 0.717) is 17.8 Å². The number of rotatable bonds is 4. The molecule has 4 bridgehead atoms. The third-order valence-electron chi connectivity index (χ3n) is 5.94. The second kappa shape index (κ2) is 5.65. The molecule has 0 atom stereocenters. The van der Waals surface area contributed by atoms with Crippen LogP contribution in [0, 0.1) is 29.1 Å². The summed E-state index contributed by atoms with van der Waals surface area (Å²) in [6.07, 6.45) is 7.97. The van der Waals surface area contributed by atoms with Crippen LogP contribution in [0.2, 0.25) is 0 Å². The van der Waals surface area contributed by atoms with Crippen molar-refractivity contribution in [3.63, 3.8) is 0 Å². The van der Waals surface area contributed by atoms with Crippen molar-refractivity contribution in [3.8, 4) is 6.07 Å². The van der Waals surface area contributed by atoms with Crippen LogP contribution in [0.5, 0.6) is 0 Å². The number of carbonyl (C=O) groups is 1. The summed E-state index contributed by atoms with van der Waals surface area (Å²) in [7, 11) is 0. The third-order valence-corrected chi connectivity index (χ3v) is 5.94. The topological polar surface area (TPSA) is 64.9 Å². The molecule has 0 aromatic heterocycles. The van der Waals surface area contributed by atoms with Crippen molar-refractivity contribution < 1.29 is 4.79 Å². The van der Waals surface area contributed by atoms with E-state index in [1.54, 1.807) is 18.2 Å². The molecule has 0 saturated heterocycles. The van der Waals surface area contributed by atoms with E-state index in [9.17, 15) is 4.79 Å². The van der Waals surface area contributed by atoms with Crippen LogP contribution in [-0.4, -0.2) is 18.0 Å². The molecule has 0 heterocycles. The lowest BCUT2D eigenvalue weighted by Gasteiger charge is -2.57. The molecule has 0 aliphatic heterocycles. The van der Waals surface area contributed by atoms with E-state index in [2.05, 4.69) is 16.7 Å². The maximum Gasteiger partial charge on any atom is 0.238 e. The van der Waals surface area contributed by atoms with Crippen molar-refractivity contribution in [2.24, 2.45) is 17.8 Å². The number of benzene rings is 1. The highest BCUT2D eigenvalue weighted by atomic mass is 16.1. The van der Waals surface area contributed by atoms with Gasteiger partial charge >= 0.3 is 0 Å². The lowest BCUT2D eigenvalue weighted by atomic mass is 9.53. The molecule has 4 saturated carbocycles. The molecule has 2 N–H and O–H groups in total. The van der Waals surface area contributed by atoms with Gasteiger partial charge in [-0.2, -0.15) is 5.26 Å². The van der Waals surface area contributed by atoms with E-state index in [4.69, 9.17) is 5.26 Å². The number of carbonyl (C=O) groups excluding carboxylic acids is 1. The van der Waals surface area contributed by atoms with Gasteiger partial charge in [0.2, 0.25) is 5.91 Å². The fourth-order valence-corrected chi connectivity index (χ4v) is 5.47. The van der Waals surface area contributed by atoms with E-state index in [0.717, 1.165) is 17.8 Å². The zero-order chi connectivity index (χ0) is 15.9. The van der Waals surface area contributed by atoms with Gasteiger partial charge in [0.05, 0.1) is 18.2 Å². The summed E-state index contributed by atoms with van der Waals surface area (Å²) in [5, 5.41) is 15.4. The molecule has 0 spiro atoms. The minimum Gasteiger partial charge on any atom is -0.325 e. The van der Waals surface area contributed by atoms with Crippen LogP contribution in [0.15, 0.2) is 24.3 Å². The number of hydrogen-bond donors (Lipinski definition) is 2. The standard InChI is InChI=1S/C19H23N3O/c20-11-13-2-1-3-17(7-13)22-18(23)12-21-19-8-14-4-15(9-19)6-16(5-14)10-19/h1-3,7,14-16,21H,4-6,8-10,12H2,(H,22,23). The van der Waals surface area contributed by atoms with Gasteiger partial charge in [0.15, 0.2) is 0 Å². The molecule has 1 amide bonds. The van der Waals surface area contributed by atoms with Gasteiger partial charge in [0.1, 0.15) is 0 Å². The number of amides is 1. The van der Waals surface area contributed by atoms with Crippen molar-refractivity contribution in [1.29, 1.82) is 5.26 Å². The lowest BCUT2D eigenvalue weighted by Crippen LogP contribution is -2.59. The maximum atomic E-state index is 12.2.